The maximum Gasteiger partial charge on any atom is 0.277 e. The molecule has 0 saturated heterocycles. The van der Waals surface area contributed by atoms with E-state index in [9.17, 15) is 9.90 Å². The predicted octanol–water partition coefficient (Wildman–Crippen LogP) is 1.60. The Morgan fingerprint density at radius 3 is 2.67 bits per heavy atom. The smallest absolute Gasteiger partial charge is 0.277 e. The van der Waals surface area contributed by atoms with Crippen LogP contribution in [-0.4, -0.2) is 35.9 Å². The van der Waals surface area contributed by atoms with Crippen molar-refractivity contribution in [2.75, 3.05) is 13.6 Å². The van der Waals surface area contributed by atoms with Gasteiger partial charge < -0.3 is 5.11 Å². The first-order chi connectivity index (χ1) is 10.1. The van der Waals surface area contributed by atoms with Crippen LogP contribution in [0.4, 0.5) is 0 Å². The average molecular weight is 282 g/mol. The van der Waals surface area contributed by atoms with Gasteiger partial charge in [-0.05, 0) is 30.9 Å². The van der Waals surface area contributed by atoms with E-state index in [1.165, 1.54) is 12.1 Å². The Kier molecular flexibility index (Phi) is 3.56. The third-order valence-electron chi connectivity index (χ3n) is 3.63. The van der Waals surface area contributed by atoms with E-state index >= 15 is 0 Å². The highest BCUT2D eigenvalue weighted by molar-refractivity contribution is 6.46. The molecule has 0 aromatic heterocycles. The van der Waals surface area contributed by atoms with E-state index in [0.29, 0.717) is 11.5 Å². The molecule has 0 atom stereocenters. The van der Waals surface area contributed by atoms with Gasteiger partial charge in [-0.3, -0.25) is 14.7 Å². The van der Waals surface area contributed by atoms with Crippen molar-refractivity contribution in [2.24, 2.45) is 9.98 Å². The van der Waals surface area contributed by atoms with Gasteiger partial charge in [0.05, 0.1) is 5.71 Å². The normalized spacial score (nSPS) is 20.7. The lowest BCUT2D eigenvalue weighted by Gasteiger charge is -2.16. The first-order valence-electron chi connectivity index (χ1n) is 7.04. The Labute approximate surface area is 123 Å². The molecule has 1 amide bonds. The Balaban J connectivity index is 1.92. The number of hydrogen-bond acceptors (Lipinski definition) is 4. The summed E-state index contributed by atoms with van der Waals surface area (Å²) in [7, 11) is 1.72. The molecule has 108 valence electrons. The maximum atomic E-state index is 12.3. The van der Waals surface area contributed by atoms with Crippen LogP contribution in [0.15, 0.2) is 39.9 Å². The molecule has 5 nitrogen and oxygen atoms in total. The van der Waals surface area contributed by atoms with Crippen molar-refractivity contribution in [1.82, 2.24) is 4.90 Å². The summed E-state index contributed by atoms with van der Waals surface area (Å²) in [4.78, 5) is 22.7. The minimum absolute atomic E-state index is 0.0484. The first kappa shape index (κ1) is 13.5. The minimum atomic E-state index is -0.135. The van der Waals surface area contributed by atoms with E-state index in [0.717, 1.165) is 37.1 Å². The van der Waals surface area contributed by atoms with Crippen molar-refractivity contribution in [3.8, 4) is 5.75 Å². The number of nitrogens with zero attached hydrogens (tertiary/aromatic N) is 3. The second-order valence-electron chi connectivity index (χ2n) is 5.18. The van der Waals surface area contributed by atoms with E-state index in [1.807, 2.05) is 0 Å². The fourth-order valence-corrected chi connectivity index (χ4v) is 2.46. The third kappa shape index (κ3) is 2.72. The molecule has 0 bridgehead atoms. The van der Waals surface area contributed by atoms with Crippen LogP contribution in [0.5, 0.6) is 5.75 Å². The van der Waals surface area contributed by atoms with Crippen molar-refractivity contribution in [3.63, 3.8) is 0 Å². The lowest BCUT2D eigenvalue weighted by Crippen LogP contribution is -2.34. The Hall–Kier alpha value is -2.43. The highest BCUT2D eigenvalue weighted by Gasteiger charge is 2.30. The molecule has 0 radical (unpaired) electrons. The van der Waals surface area contributed by atoms with Crippen LogP contribution >= 0.6 is 0 Å². The van der Waals surface area contributed by atoms with Crippen molar-refractivity contribution in [1.29, 1.82) is 0 Å². The number of benzene rings is 1. The standard InChI is InChI=1S/C16H17N3O2/c1-19-15(13-4-2-3-9-17-13)18-14(16(19)21)10-11-5-7-12(20)8-6-11/h5-8,10,20H,2-4,9H2,1H3/p-1/b14-10+. The average Bonchev–Trinajstić information content (AvgIpc) is 2.79. The Morgan fingerprint density at radius 2 is 2.00 bits per heavy atom. The molecule has 0 aliphatic carbocycles. The zero-order valence-electron chi connectivity index (χ0n) is 11.9. The topological polar surface area (TPSA) is 68.1 Å². The second kappa shape index (κ2) is 5.52. The van der Waals surface area contributed by atoms with Crippen molar-refractivity contribution < 1.29 is 9.90 Å². The van der Waals surface area contributed by atoms with Gasteiger partial charge in [0.1, 0.15) is 5.70 Å². The molecular formula is C16H16N3O2-. The summed E-state index contributed by atoms with van der Waals surface area (Å²) < 4.78 is 0. The molecule has 2 heterocycles. The summed E-state index contributed by atoms with van der Waals surface area (Å²) in [5, 5.41) is 11.1. The number of aliphatic imine (C=N–C) groups is 2. The molecule has 2 aliphatic heterocycles. The van der Waals surface area contributed by atoms with Crippen LogP contribution in [0.25, 0.3) is 6.08 Å². The number of likely N-dealkylation sites (N-methyl/N-ethyl adjacent to an activating group) is 1. The summed E-state index contributed by atoms with van der Waals surface area (Å²) in [6.07, 6.45) is 4.76. The fraction of sp³-hybridized carbons (Fsp3) is 0.312. The lowest BCUT2D eigenvalue weighted by atomic mass is 10.1. The number of rotatable bonds is 2. The van der Waals surface area contributed by atoms with Crippen LogP contribution in [0, 0.1) is 0 Å². The molecule has 0 N–H and O–H groups in total. The molecule has 2 aliphatic rings. The molecule has 1 aromatic rings. The van der Waals surface area contributed by atoms with Gasteiger partial charge in [0.2, 0.25) is 0 Å². The van der Waals surface area contributed by atoms with Gasteiger partial charge in [0, 0.05) is 13.6 Å². The Bertz CT molecular complexity index is 657. The summed E-state index contributed by atoms with van der Waals surface area (Å²) in [5.41, 5.74) is 2.09. The molecule has 3 rings (SSSR count). The third-order valence-corrected chi connectivity index (χ3v) is 3.63. The van der Waals surface area contributed by atoms with E-state index in [2.05, 4.69) is 9.98 Å². The first-order valence-corrected chi connectivity index (χ1v) is 7.04. The summed E-state index contributed by atoms with van der Waals surface area (Å²) in [6, 6.07) is 6.33. The summed E-state index contributed by atoms with van der Waals surface area (Å²) >= 11 is 0. The summed E-state index contributed by atoms with van der Waals surface area (Å²) in [5.74, 6) is 0.476. The van der Waals surface area contributed by atoms with Crippen LogP contribution in [0.2, 0.25) is 0 Å². The zero-order chi connectivity index (χ0) is 14.8. The number of carbonyl (C=O) groups excluding carboxylic acids is 1. The monoisotopic (exact) mass is 282 g/mol. The van der Waals surface area contributed by atoms with Gasteiger partial charge in [-0.2, -0.15) is 0 Å². The van der Waals surface area contributed by atoms with E-state index < -0.39 is 0 Å². The van der Waals surface area contributed by atoms with Gasteiger partial charge in [0.15, 0.2) is 5.84 Å². The van der Waals surface area contributed by atoms with E-state index in [4.69, 9.17) is 0 Å². The summed E-state index contributed by atoms with van der Waals surface area (Å²) in [6.45, 7) is 0.806. The Morgan fingerprint density at radius 1 is 1.24 bits per heavy atom. The molecule has 0 unspecified atom stereocenters. The van der Waals surface area contributed by atoms with E-state index in [1.54, 1.807) is 30.2 Å². The van der Waals surface area contributed by atoms with Crippen LogP contribution in [0.1, 0.15) is 24.8 Å². The molecule has 0 saturated carbocycles. The molecule has 21 heavy (non-hydrogen) atoms. The number of amides is 1. The van der Waals surface area contributed by atoms with E-state index in [-0.39, 0.29) is 11.7 Å². The quantitative estimate of drug-likeness (QED) is 0.773. The van der Waals surface area contributed by atoms with Crippen molar-refractivity contribution in [3.05, 3.63) is 35.5 Å². The second-order valence-corrected chi connectivity index (χ2v) is 5.18. The molecular weight excluding hydrogens is 266 g/mol. The highest BCUT2D eigenvalue weighted by atomic mass is 16.3. The van der Waals surface area contributed by atoms with Gasteiger partial charge in [-0.25, -0.2) is 4.99 Å². The van der Waals surface area contributed by atoms with Crippen LogP contribution < -0.4 is 5.11 Å². The van der Waals surface area contributed by atoms with Crippen LogP contribution in [0.3, 0.4) is 0 Å². The molecule has 0 fully saturated rings. The number of hydrogen-bond donors (Lipinski definition) is 0. The molecule has 0 spiro atoms. The largest absolute Gasteiger partial charge is 0.872 e. The van der Waals surface area contributed by atoms with Crippen molar-refractivity contribution >= 4 is 23.5 Å². The minimum Gasteiger partial charge on any atom is -0.872 e. The molecule has 5 heteroatoms. The lowest BCUT2D eigenvalue weighted by molar-refractivity contribution is -0.268. The number of amidine groups is 1. The van der Waals surface area contributed by atoms with Gasteiger partial charge >= 0.3 is 0 Å². The van der Waals surface area contributed by atoms with Gasteiger partial charge in [-0.1, -0.05) is 24.3 Å². The fourth-order valence-electron chi connectivity index (χ4n) is 2.46. The highest BCUT2D eigenvalue weighted by Crippen LogP contribution is 2.20. The molecule has 1 aromatic carbocycles. The van der Waals surface area contributed by atoms with Gasteiger partial charge in [0.25, 0.3) is 5.91 Å². The van der Waals surface area contributed by atoms with Crippen molar-refractivity contribution in [2.45, 2.75) is 19.3 Å². The maximum absolute atomic E-state index is 12.3. The predicted molar refractivity (Wildman–Crippen MR) is 80.2 cm³/mol. The van der Waals surface area contributed by atoms with Crippen LogP contribution in [-0.2, 0) is 4.79 Å². The number of carbonyl (C=O) groups is 1. The zero-order valence-corrected chi connectivity index (χ0v) is 11.9. The van der Waals surface area contributed by atoms with Gasteiger partial charge in [-0.15, -0.1) is 5.75 Å². The SMILES string of the molecule is CN1C(=O)/C(=C\c2ccc([O-])cc2)N=C1C1=NCCCC1.